The summed E-state index contributed by atoms with van der Waals surface area (Å²) in [6.45, 7) is 3.74. The molecule has 10 heteroatoms. The summed E-state index contributed by atoms with van der Waals surface area (Å²) in [5.74, 6) is -2.70. The van der Waals surface area contributed by atoms with Gasteiger partial charge in [-0.15, -0.1) is 0 Å². The molecule has 0 radical (unpaired) electrons. The molecule has 0 heterocycles. The lowest BCUT2D eigenvalue weighted by Crippen LogP contribution is -2.53. The van der Waals surface area contributed by atoms with Crippen LogP contribution < -0.4 is 27.4 Å². The molecular formula is C23H37N5O5. The van der Waals surface area contributed by atoms with E-state index in [9.17, 15) is 24.3 Å². The third kappa shape index (κ3) is 11.4. The van der Waals surface area contributed by atoms with Gasteiger partial charge >= 0.3 is 5.97 Å². The highest BCUT2D eigenvalue weighted by Gasteiger charge is 2.25. The maximum Gasteiger partial charge on any atom is 0.326 e. The Hall–Kier alpha value is -2.98. The van der Waals surface area contributed by atoms with Crippen LogP contribution in [0.2, 0.25) is 0 Å². The molecule has 1 rings (SSSR count). The zero-order chi connectivity index (χ0) is 24.8. The number of carbonyl (C=O) groups excluding carboxylic acids is 3. The molecule has 184 valence electrons. The van der Waals surface area contributed by atoms with Gasteiger partial charge < -0.3 is 32.5 Å². The van der Waals surface area contributed by atoms with Gasteiger partial charge in [-0.3, -0.25) is 14.4 Å². The Morgan fingerprint density at radius 1 is 0.970 bits per heavy atom. The maximum atomic E-state index is 12.7. The number of aliphatic carboxylic acids is 1. The second-order valence-electron chi connectivity index (χ2n) is 8.45. The summed E-state index contributed by atoms with van der Waals surface area (Å²) in [5, 5.41) is 16.8. The van der Waals surface area contributed by atoms with Gasteiger partial charge in [-0.1, -0.05) is 44.2 Å². The molecule has 0 aliphatic rings. The van der Waals surface area contributed by atoms with Crippen molar-refractivity contribution in [1.29, 1.82) is 0 Å². The Kier molecular flexibility index (Phi) is 12.7. The van der Waals surface area contributed by atoms with Crippen LogP contribution in [-0.2, 0) is 25.6 Å². The minimum Gasteiger partial charge on any atom is -0.480 e. The largest absolute Gasteiger partial charge is 0.480 e. The normalized spacial score (nSPS) is 13.6. The van der Waals surface area contributed by atoms with E-state index in [0.717, 1.165) is 5.56 Å². The van der Waals surface area contributed by atoms with E-state index < -0.39 is 48.4 Å². The molecule has 0 aliphatic heterocycles. The number of hydrogen-bond donors (Lipinski definition) is 6. The molecule has 0 saturated carbocycles. The Balaban J connectivity index is 2.66. The van der Waals surface area contributed by atoms with Gasteiger partial charge in [-0.05, 0) is 50.1 Å². The number of rotatable bonds is 15. The molecule has 8 N–H and O–H groups in total. The first-order valence-electron chi connectivity index (χ1n) is 11.2. The Morgan fingerprint density at radius 2 is 1.64 bits per heavy atom. The number of hydrogen-bond acceptors (Lipinski definition) is 6. The topological polar surface area (TPSA) is 177 Å². The fourth-order valence-corrected chi connectivity index (χ4v) is 3.23. The smallest absolute Gasteiger partial charge is 0.326 e. The molecule has 0 fully saturated rings. The first-order valence-corrected chi connectivity index (χ1v) is 11.2. The minimum absolute atomic E-state index is 0.0724. The quantitative estimate of drug-likeness (QED) is 0.197. The summed E-state index contributed by atoms with van der Waals surface area (Å²) in [6.07, 6.45) is 2.19. The van der Waals surface area contributed by atoms with Crippen LogP contribution in [0.25, 0.3) is 0 Å². The average molecular weight is 464 g/mol. The molecule has 3 amide bonds. The van der Waals surface area contributed by atoms with E-state index in [-0.39, 0.29) is 12.3 Å². The predicted octanol–water partition coefficient (Wildman–Crippen LogP) is -0.0981. The van der Waals surface area contributed by atoms with Gasteiger partial charge in [-0.25, -0.2) is 4.79 Å². The maximum absolute atomic E-state index is 12.7. The highest BCUT2D eigenvalue weighted by atomic mass is 16.4. The molecule has 3 unspecified atom stereocenters. The molecule has 10 nitrogen and oxygen atoms in total. The molecule has 1 aromatic rings. The molecule has 3 atom stereocenters. The molecule has 0 bridgehead atoms. The van der Waals surface area contributed by atoms with Gasteiger partial charge in [0.05, 0.1) is 12.6 Å². The van der Waals surface area contributed by atoms with E-state index >= 15 is 0 Å². The SMILES string of the molecule is CC(C)CC(NC(=O)CNC(=O)C(CCCCN)NC(=O)C(N)Cc1ccccc1)C(=O)O. The fourth-order valence-electron chi connectivity index (χ4n) is 3.23. The van der Waals surface area contributed by atoms with Crippen molar-refractivity contribution in [2.24, 2.45) is 17.4 Å². The number of unbranched alkanes of at least 4 members (excludes halogenated alkanes) is 1. The Bertz CT molecular complexity index is 772. The van der Waals surface area contributed by atoms with Gasteiger partial charge in [0.15, 0.2) is 0 Å². The molecule has 0 spiro atoms. The zero-order valence-electron chi connectivity index (χ0n) is 19.4. The molecular weight excluding hydrogens is 426 g/mol. The van der Waals surface area contributed by atoms with E-state index in [2.05, 4.69) is 16.0 Å². The van der Waals surface area contributed by atoms with Gasteiger partial charge in [0, 0.05) is 0 Å². The van der Waals surface area contributed by atoms with Crippen molar-refractivity contribution in [1.82, 2.24) is 16.0 Å². The number of nitrogens with one attached hydrogen (secondary N) is 3. The van der Waals surface area contributed by atoms with E-state index in [4.69, 9.17) is 11.5 Å². The molecule has 0 aromatic heterocycles. The average Bonchev–Trinajstić information content (AvgIpc) is 2.76. The zero-order valence-corrected chi connectivity index (χ0v) is 19.4. The van der Waals surface area contributed by atoms with Gasteiger partial charge in [0.1, 0.15) is 12.1 Å². The second kappa shape index (κ2) is 15.0. The van der Waals surface area contributed by atoms with Crippen LogP contribution in [0, 0.1) is 5.92 Å². The lowest BCUT2D eigenvalue weighted by molar-refractivity contribution is -0.142. The van der Waals surface area contributed by atoms with Gasteiger partial charge in [0.2, 0.25) is 17.7 Å². The summed E-state index contributed by atoms with van der Waals surface area (Å²) in [4.78, 5) is 48.7. The number of benzene rings is 1. The van der Waals surface area contributed by atoms with E-state index in [1.165, 1.54) is 0 Å². The van der Waals surface area contributed by atoms with Crippen LogP contribution in [0.5, 0.6) is 0 Å². The van der Waals surface area contributed by atoms with Crippen molar-refractivity contribution in [2.45, 2.75) is 64.1 Å². The predicted molar refractivity (Wildman–Crippen MR) is 125 cm³/mol. The van der Waals surface area contributed by atoms with Crippen molar-refractivity contribution in [3.8, 4) is 0 Å². The summed E-state index contributed by atoms with van der Waals surface area (Å²) in [7, 11) is 0. The highest BCUT2D eigenvalue weighted by Crippen LogP contribution is 2.06. The van der Waals surface area contributed by atoms with Crippen molar-refractivity contribution < 1.29 is 24.3 Å². The highest BCUT2D eigenvalue weighted by molar-refractivity contribution is 5.92. The number of carbonyl (C=O) groups is 4. The van der Waals surface area contributed by atoms with Crippen LogP contribution in [-0.4, -0.2) is 60.0 Å². The minimum atomic E-state index is -1.14. The summed E-state index contributed by atoms with van der Waals surface area (Å²) in [5.41, 5.74) is 12.4. The van der Waals surface area contributed by atoms with Crippen LogP contribution >= 0.6 is 0 Å². The summed E-state index contributed by atoms with van der Waals surface area (Å²) < 4.78 is 0. The van der Waals surface area contributed by atoms with Crippen molar-refractivity contribution in [3.05, 3.63) is 35.9 Å². The third-order valence-electron chi connectivity index (χ3n) is 4.98. The molecule has 0 aliphatic carbocycles. The Morgan fingerprint density at radius 3 is 2.21 bits per heavy atom. The monoisotopic (exact) mass is 463 g/mol. The van der Waals surface area contributed by atoms with Crippen LogP contribution in [0.1, 0.15) is 45.1 Å². The molecule has 33 heavy (non-hydrogen) atoms. The third-order valence-corrected chi connectivity index (χ3v) is 4.98. The first kappa shape index (κ1) is 28.1. The van der Waals surface area contributed by atoms with Crippen molar-refractivity contribution >= 4 is 23.7 Å². The van der Waals surface area contributed by atoms with Crippen LogP contribution in [0.15, 0.2) is 30.3 Å². The second-order valence-corrected chi connectivity index (χ2v) is 8.45. The standard InChI is InChI=1S/C23H37N5O5/c1-15(2)12-19(23(32)33)27-20(29)14-26-22(31)18(10-6-7-11-24)28-21(30)17(25)13-16-8-4-3-5-9-16/h3-5,8-9,15,17-19H,6-7,10-14,24-25H2,1-2H3,(H,26,31)(H,27,29)(H,28,30)(H,32,33). The Labute approximate surface area is 194 Å². The number of nitrogens with two attached hydrogens (primary N) is 2. The van der Waals surface area contributed by atoms with Crippen molar-refractivity contribution in [2.75, 3.05) is 13.1 Å². The van der Waals surface area contributed by atoms with Gasteiger partial charge in [0.25, 0.3) is 0 Å². The van der Waals surface area contributed by atoms with Crippen LogP contribution in [0.4, 0.5) is 0 Å². The molecule has 1 aromatic carbocycles. The number of carboxylic acid groups (broad SMARTS) is 1. The van der Waals surface area contributed by atoms with Crippen LogP contribution in [0.3, 0.4) is 0 Å². The lowest BCUT2D eigenvalue weighted by Gasteiger charge is -2.21. The van der Waals surface area contributed by atoms with E-state index in [1.54, 1.807) is 0 Å². The fraction of sp³-hybridized carbons (Fsp3) is 0.565. The first-order chi connectivity index (χ1) is 15.6. The van der Waals surface area contributed by atoms with Crippen molar-refractivity contribution in [3.63, 3.8) is 0 Å². The van der Waals surface area contributed by atoms with Gasteiger partial charge in [-0.2, -0.15) is 0 Å². The molecule has 0 saturated heterocycles. The number of carboxylic acids is 1. The lowest BCUT2D eigenvalue weighted by atomic mass is 10.0. The van der Waals surface area contributed by atoms with E-state index in [1.807, 2.05) is 44.2 Å². The number of amides is 3. The summed E-state index contributed by atoms with van der Waals surface area (Å²) in [6, 6.07) is 6.53. The summed E-state index contributed by atoms with van der Waals surface area (Å²) >= 11 is 0. The van der Waals surface area contributed by atoms with E-state index in [0.29, 0.717) is 32.2 Å².